The molecule has 1 atom stereocenters. The van der Waals surface area contributed by atoms with E-state index in [9.17, 15) is 9.59 Å². The van der Waals surface area contributed by atoms with Crippen LogP contribution in [0.25, 0.3) is 0 Å². The topological polar surface area (TPSA) is 40.6 Å². The molecule has 106 valence electrons. The number of hydrogen-bond donors (Lipinski definition) is 0. The Hall–Kier alpha value is -1.55. The predicted octanol–water partition coefficient (Wildman–Crippen LogP) is 2.32. The summed E-state index contributed by atoms with van der Waals surface area (Å²) >= 11 is 5.86. The van der Waals surface area contributed by atoms with Crippen molar-refractivity contribution >= 4 is 29.1 Å². The Kier molecular flexibility index (Phi) is 3.66. The van der Waals surface area contributed by atoms with Gasteiger partial charge in [-0.15, -0.1) is 0 Å². The van der Waals surface area contributed by atoms with Crippen molar-refractivity contribution < 1.29 is 9.59 Å². The van der Waals surface area contributed by atoms with E-state index >= 15 is 0 Å². The van der Waals surface area contributed by atoms with E-state index in [2.05, 4.69) is 0 Å². The smallest absolute Gasteiger partial charge is 0.228 e. The summed E-state index contributed by atoms with van der Waals surface area (Å²) in [5.74, 6) is -0.0477. The van der Waals surface area contributed by atoms with Crippen LogP contribution in [0.2, 0.25) is 5.02 Å². The van der Waals surface area contributed by atoms with Crippen LogP contribution in [-0.2, 0) is 9.59 Å². The highest BCUT2D eigenvalue weighted by Gasteiger charge is 2.37. The zero-order valence-corrected chi connectivity index (χ0v) is 12.0. The van der Waals surface area contributed by atoms with Gasteiger partial charge < -0.3 is 9.80 Å². The molecule has 3 rings (SSSR count). The molecular weight excluding hydrogens is 276 g/mol. The average molecular weight is 293 g/mol. The number of likely N-dealkylation sites (tertiary alicyclic amines) is 1. The summed E-state index contributed by atoms with van der Waals surface area (Å²) in [6.07, 6.45) is 2.47. The zero-order chi connectivity index (χ0) is 14.1. The molecule has 0 bridgehead atoms. The van der Waals surface area contributed by atoms with Crippen LogP contribution >= 0.6 is 11.6 Å². The van der Waals surface area contributed by atoms with Gasteiger partial charge in [-0.2, -0.15) is 0 Å². The van der Waals surface area contributed by atoms with Crippen LogP contribution in [0.3, 0.4) is 0 Å². The van der Waals surface area contributed by atoms with Crippen LogP contribution in [0.1, 0.15) is 19.3 Å². The maximum absolute atomic E-state index is 12.4. The molecule has 0 unspecified atom stereocenters. The maximum Gasteiger partial charge on any atom is 0.228 e. The van der Waals surface area contributed by atoms with Gasteiger partial charge in [0.1, 0.15) is 0 Å². The van der Waals surface area contributed by atoms with E-state index in [0.717, 1.165) is 31.6 Å². The monoisotopic (exact) mass is 292 g/mol. The molecule has 0 saturated carbocycles. The Morgan fingerprint density at radius 3 is 2.45 bits per heavy atom. The Balaban J connectivity index is 1.71. The Morgan fingerprint density at radius 2 is 1.80 bits per heavy atom. The molecule has 5 heteroatoms. The standard InChI is InChI=1S/C15H17ClN2O2/c16-12-3-5-13(6-4-12)18-10-11(9-14(18)19)15(20)17-7-1-2-8-17/h3-6,11H,1-2,7-10H2/t11-/m0/s1. The molecule has 2 fully saturated rings. The van der Waals surface area contributed by atoms with E-state index < -0.39 is 0 Å². The Morgan fingerprint density at radius 1 is 1.15 bits per heavy atom. The second-order valence-electron chi connectivity index (χ2n) is 5.41. The molecule has 2 heterocycles. The summed E-state index contributed by atoms with van der Waals surface area (Å²) in [7, 11) is 0. The summed E-state index contributed by atoms with van der Waals surface area (Å²) < 4.78 is 0. The van der Waals surface area contributed by atoms with Crippen LogP contribution in [0.4, 0.5) is 5.69 Å². The molecule has 0 spiro atoms. The lowest BCUT2D eigenvalue weighted by atomic mass is 10.1. The van der Waals surface area contributed by atoms with Gasteiger partial charge in [0.15, 0.2) is 0 Å². The van der Waals surface area contributed by atoms with Crippen molar-refractivity contribution in [3.63, 3.8) is 0 Å². The van der Waals surface area contributed by atoms with Gasteiger partial charge >= 0.3 is 0 Å². The van der Waals surface area contributed by atoms with Gasteiger partial charge in [-0.3, -0.25) is 9.59 Å². The molecule has 2 aliphatic rings. The number of benzene rings is 1. The number of amides is 2. The Bertz CT molecular complexity index is 523. The third-order valence-electron chi connectivity index (χ3n) is 4.03. The number of rotatable bonds is 2. The van der Waals surface area contributed by atoms with Gasteiger partial charge in [-0.1, -0.05) is 11.6 Å². The van der Waals surface area contributed by atoms with E-state index in [4.69, 9.17) is 11.6 Å². The third kappa shape index (κ3) is 2.52. The average Bonchev–Trinajstić information content (AvgIpc) is 3.08. The molecule has 0 N–H and O–H groups in total. The molecule has 2 aliphatic heterocycles. The van der Waals surface area contributed by atoms with E-state index in [1.807, 2.05) is 17.0 Å². The fourth-order valence-electron chi connectivity index (χ4n) is 2.94. The molecule has 0 radical (unpaired) electrons. The van der Waals surface area contributed by atoms with Gasteiger partial charge in [-0.05, 0) is 37.1 Å². The molecule has 2 saturated heterocycles. The van der Waals surface area contributed by atoms with E-state index in [0.29, 0.717) is 18.0 Å². The van der Waals surface area contributed by atoms with Gasteiger partial charge in [0.05, 0.1) is 5.92 Å². The summed E-state index contributed by atoms with van der Waals surface area (Å²) in [4.78, 5) is 28.0. The second-order valence-corrected chi connectivity index (χ2v) is 5.85. The van der Waals surface area contributed by atoms with E-state index in [-0.39, 0.29) is 17.7 Å². The number of carbonyl (C=O) groups is 2. The first-order chi connectivity index (χ1) is 9.65. The lowest BCUT2D eigenvalue weighted by Gasteiger charge is -2.20. The minimum Gasteiger partial charge on any atom is -0.342 e. The summed E-state index contributed by atoms with van der Waals surface area (Å²) in [5.41, 5.74) is 0.816. The van der Waals surface area contributed by atoms with Gasteiger partial charge in [-0.25, -0.2) is 0 Å². The maximum atomic E-state index is 12.4. The fraction of sp³-hybridized carbons (Fsp3) is 0.467. The molecular formula is C15H17ClN2O2. The van der Waals surface area contributed by atoms with Crippen LogP contribution < -0.4 is 4.90 Å². The van der Waals surface area contributed by atoms with Crippen molar-refractivity contribution in [1.29, 1.82) is 0 Å². The quantitative estimate of drug-likeness (QED) is 0.839. The van der Waals surface area contributed by atoms with Crippen molar-refractivity contribution in [2.75, 3.05) is 24.5 Å². The van der Waals surface area contributed by atoms with Crippen molar-refractivity contribution in [2.45, 2.75) is 19.3 Å². The van der Waals surface area contributed by atoms with Crippen LogP contribution in [-0.4, -0.2) is 36.3 Å². The molecule has 1 aromatic rings. The minimum atomic E-state index is -0.198. The molecule has 2 amide bonds. The van der Waals surface area contributed by atoms with Crippen molar-refractivity contribution in [2.24, 2.45) is 5.92 Å². The van der Waals surface area contributed by atoms with E-state index in [1.54, 1.807) is 17.0 Å². The number of nitrogens with zero attached hydrogens (tertiary/aromatic N) is 2. The van der Waals surface area contributed by atoms with E-state index in [1.165, 1.54) is 0 Å². The van der Waals surface area contributed by atoms with Crippen molar-refractivity contribution in [1.82, 2.24) is 4.90 Å². The van der Waals surface area contributed by atoms with Crippen molar-refractivity contribution in [3.05, 3.63) is 29.3 Å². The van der Waals surface area contributed by atoms with Gasteiger partial charge in [0.2, 0.25) is 11.8 Å². The fourth-order valence-corrected chi connectivity index (χ4v) is 3.07. The molecule has 0 aliphatic carbocycles. The van der Waals surface area contributed by atoms with Crippen LogP contribution in [0, 0.1) is 5.92 Å². The number of anilines is 1. The number of halogens is 1. The Labute approximate surface area is 123 Å². The van der Waals surface area contributed by atoms with Crippen molar-refractivity contribution in [3.8, 4) is 0 Å². The highest BCUT2D eigenvalue weighted by atomic mass is 35.5. The normalized spacial score (nSPS) is 22.6. The summed E-state index contributed by atoms with van der Waals surface area (Å²) in [6, 6.07) is 7.17. The lowest BCUT2D eigenvalue weighted by Crippen LogP contribution is -2.35. The largest absolute Gasteiger partial charge is 0.342 e. The molecule has 0 aromatic heterocycles. The highest BCUT2D eigenvalue weighted by molar-refractivity contribution is 6.30. The SMILES string of the molecule is O=C([C@H]1CC(=O)N(c2ccc(Cl)cc2)C1)N1CCCC1. The van der Waals surface area contributed by atoms with Gasteiger partial charge in [0.25, 0.3) is 0 Å². The first kappa shape index (κ1) is 13.4. The molecule has 20 heavy (non-hydrogen) atoms. The lowest BCUT2D eigenvalue weighted by molar-refractivity contribution is -0.134. The second kappa shape index (κ2) is 5.44. The van der Waals surface area contributed by atoms with Crippen LogP contribution in [0.15, 0.2) is 24.3 Å². The number of hydrogen-bond acceptors (Lipinski definition) is 2. The first-order valence-corrected chi connectivity index (χ1v) is 7.37. The summed E-state index contributed by atoms with van der Waals surface area (Å²) in [5, 5.41) is 0.644. The molecule has 1 aromatic carbocycles. The highest BCUT2D eigenvalue weighted by Crippen LogP contribution is 2.28. The zero-order valence-electron chi connectivity index (χ0n) is 11.2. The summed E-state index contributed by atoms with van der Waals surface area (Å²) in [6.45, 7) is 2.16. The predicted molar refractivity (Wildman–Crippen MR) is 77.7 cm³/mol. The third-order valence-corrected chi connectivity index (χ3v) is 4.28. The first-order valence-electron chi connectivity index (χ1n) is 7.00. The van der Waals surface area contributed by atoms with Crippen LogP contribution in [0.5, 0.6) is 0 Å². The van der Waals surface area contributed by atoms with Gasteiger partial charge in [0, 0.05) is 36.8 Å². The minimum absolute atomic E-state index is 0.0184. The number of carbonyl (C=O) groups excluding carboxylic acids is 2. The molecule has 4 nitrogen and oxygen atoms in total.